The first-order chi connectivity index (χ1) is 12.7. The first kappa shape index (κ1) is 18.4. The van der Waals surface area contributed by atoms with Gasteiger partial charge in [0.25, 0.3) is 5.56 Å². The maximum atomic E-state index is 11.3. The molecule has 7 nitrogen and oxygen atoms in total. The van der Waals surface area contributed by atoms with E-state index in [0.717, 1.165) is 55.2 Å². The van der Waals surface area contributed by atoms with Crippen molar-refractivity contribution in [2.24, 2.45) is 0 Å². The second kappa shape index (κ2) is 8.82. The molecule has 1 atom stereocenters. The Morgan fingerprint density at radius 1 is 1.31 bits per heavy atom. The van der Waals surface area contributed by atoms with E-state index in [0.29, 0.717) is 6.61 Å². The summed E-state index contributed by atoms with van der Waals surface area (Å²) in [5.74, 6) is 1.62. The van der Waals surface area contributed by atoms with Crippen LogP contribution in [0.3, 0.4) is 0 Å². The zero-order chi connectivity index (χ0) is 18.4. The minimum Gasteiger partial charge on any atom is -0.497 e. The van der Waals surface area contributed by atoms with E-state index in [2.05, 4.69) is 14.9 Å². The highest BCUT2D eigenvalue weighted by molar-refractivity contribution is 5.40. The summed E-state index contributed by atoms with van der Waals surface area (Å²) in [4.78, 5) is 20.4. The van der Waals surface area contributed by atoms with Crippen LogP contribution < -0.4 is 15.0 Å². The van der Waals surface area contributed by atoms with E-state index < -0.39 is 0 Å². The van der Waals surface area contributed by atoms with Gasteiger partial charge in [-0.3, -0.25) is 9.69 Å². The molecule has 0 amide bonds. The van der Waals surface area contributed by atoms with E-state index in [4.69, 9.17) is 14.2 Å². The van der Waals surface area contributed by atoms with Crippen molar-refractivity contribution in [2.45, 2.75) is 25.5 Å². The molecule has 3 rings (SSSR count). The van der Waals surface area contributed by atoms with Crippen LogP contribution in [0.4, 0.5) is 0 Å². The van der Waals surface area contributed by atoms with Crippen LogP contribution in [0.15, 0.2) is 35.4 Å². The predicted molar refractivity (Wildman–Crippen MR) is 97.7 cm³/mol. The molecular weight excluding hydrogens is 334 g/mol. The lowest BCUT2D eigenvalue weighted by molar-refractivity contribution is -0.0348. The molecule has 0 aliphatic carbocycles. The average Bonchev–Trinajstić information content (AvgIpc) is 2.67. The van der Waals surface area contributed by atoms with E-state index in [-0.39, 0.29) is 11.7 Å². The Hall–Kier alpha value is -2.38. The number of benzene rings is 1. The number of hydrogen-bond donors (Lipinski definition) is 1. The Kier molecular flexibility index (Phi) is 6.25. The SMILES string of the molecule is COc1ccc(CN2CCO[C@@H](CCc3cc(=O)[nH]cn3)C2)c(OC)c1. The highest BCUT2D eigenvalue weighted by atomic mass is 16.5. The Labute approximate surface area is 152 Å². The monoisotopic (exact) mass is 359 g/mol. The number of morpholine rings is 1. The van der Waals surface area contributed by atoms with Crippen LogP contribution in [-0.4, -0.2) is 54.9 Å². The van der Waals surface area contributed by atoms with Crippen LogP contribution in [0.2, 0.25) is 0 Å². The summed E-state index contributed by atoms with van der Waals surface area (Å²) in [6, 6.07) is 7.45. The normalized spacial score (nSPS) is 17.8. The molecule has 1 aromatic carbocycles. The first-order valence-corrected chi connectivity index (χ1v) is 8.76. The maximum Gasteiger partial charge on any atom is 0.250 e. The van der Waals surface area contributed by atoms with Gasteiger partial charge in [-0.2, -0.15) is 0 Å². The predicted octanol–water partition coefficient (Wildman–Crippen LogP) is 1.62. The number of rotatable bonds is 7. The number of nitrogens with zero attached hydrogens (tertiary/aromatic N) is 2. The van der Waals surface area contributed by atoms with Crippen molar-refractivity contribution < 1.29 is 14.2 Å². The maximum absolute atomic E-state index is 11.3. The van der Waals surface area contributed by atoms with Gasteiger partial charge in [-0.05, 0) is 18.9 Å². The number of H-pyrrole nitrogens is 1. The van der Waals surface area contributed by atoms with Gasteiger partial charge in [0, 0.05) is 43.0 Å². The first-order valence-electron chi connectivity index (χ1n) is 8.76. The van der Waals surface area contributed by atoms with Crippen LogP contribution >= 0.6 is 0 Å². The number of aryl methyl sites for hydroxylation is 1. The standard InChI is InChI=1S/C19H25N3O4/c1-24-16-5-3-14(18(10-16)25-2)11-22-7-8-26-17(12-22)6-4-15-9-19(23)21-13-20-15/h3,5,9-10,13,17H,4,6-8,11-12H2,1-2H3,(H,20,21,23)/t17-/m0/s1. The third-order valence-corrected chi connectivity index (χ3v) is 4.57. The second-order valence-corrected chi connectivity index (χ2v) is 6.35. The molecule has 7 heteroatoms. The fourth-order valence-corrected chi connectivity index (χ4v) is 3.18. The molecule has 1 N–H and O–H groups in total. The van der Waals surface area contributed by atoms with E-state index in [1.807, 2.05) is 18.2 Å². The minimum atomic E-state index is -0.118. The van der Waals surface area contributed by atoms with Crippen LogP contribution in [0.25, 0.3) is 0 Å². The van der Waals surface area contributed by atoms with Crippen molar-refractivity contribution in [3.8, 4) is 11.5 Å². The molecule has 2 heterocycles. The molecule has 1 aromatic heterocycles. The molecule has 1 fully saturated rings. The van der Waals surface area contributed by atoms with Gasteiger partial charge in [0.05, 0.1) is 33.3 Å². The summed E-state index contributed by atoms with van der Waals surface area (Å²) >= 11 is 0. The third kappa shape index (κ3) is 4.83. The Morgan fingerprint density at radius 2 is 2.19 bits per heavy atom. The Bertz CT molecular complexity index is 777. The number of ether oxygens (including phenoxy) is 3. The van der Waals surface area contributed by atoms with Gasteiger partial charge in [-0.15, -0.1) is 0 Å². The van der Waals surface area contributed by atoms with Crippen molar-refractivity contribution >= 4 is 0 Å². The van der Waals surface area contributed by atoms with Crippen LogP contribution in [0, 0.1) is 0 Å². The number of aromatic nitrogens is 2. The second-order valence-electron chi connectivity index (χ2n) is 6.35. The largest absolute Gasteiger partial charge is 0.497 e. The summed E-state index contributed by atoms with van der Waals surface area (Å²) in [6.07, 6.45) is 3.15. The molecule has 26 heavy (non-hydrogen) atoms. The minimum absolute atomic E-state index is 0.118. The van der Waals surface area contributed by atoms with E-state index in [9.17, 15) is 4.79 Å². The van der Waals surface area contributed by atoms with Gasteiger partial charge >= 0.3 is 0 Å². The van der Waals surface area contributed by atoms with Crippen molar-refractivity contribution in [1.82, 2.24) is 14.9 Å². The van der Waals surface area contributed by atoms with E-state index >= 15 is 0 Å². The van der Waals surface area contributed by atoms with Crippen LogP contribution in [-0.2, 0) is 17.7 Å². The number of hydrogen-bond acceptors (Lipinski definition) is 6. The summed E-state index contributed by atoms with van der Waals surface area (Å²) in [7, 11) is 3.32. The van der Waals surface area contributed by atoms with Crippen molar-refractivity contribution in [2.75, 3.05) is 33.9 Å². The molecule has 0 spiro atoms. The molecule has 0 radical (unpaired) electrons. The molecule has 0 unspecified atom stereocenters. The smallest absolute Gasteiger partial charge is 0.250 e. The van der Waals surface area contributed by atoms with Crippen molar-refractivity contribution in [3.63, 3.8) is 0 Å². The Morgan fingerprint density at radius 3 is 2.96 bits per heavy atom. The molecule has 140 valence electrons. The highest BCUT2D eigenvalue weighted by Crippen LogP contribution is 2.26. The van der Waals surface area contributed by atoms with E-state index in [1.165, 1.54) is 6.33 Å². The molecule has 1 aliphatic rings. The fraction of sp³-hybridized carbons (Fsp3) is 0.474. The Balaban J connectivity index is 1.57. The average molecular weight is 359 g/mol. The van der Waals surface area contributed by atoms with Gasteiger partial charge in [0.1, 0.15) is 11.5 Å². The topological polar surface area (TPSA) is 76.7 Å². The molecule has 2 aromatic rings. The van der Waals surface area contributed by atoms with Crippen LogP contribution in [0.5, 0.6) is 11.5 Å². The quantitative estimate of drug-likeness (QED) is 0.810. The summed E-state index contributed by atoms with van der Waals surface area (Å²) < 4.78 is 16.6. The van der Waals surface area contributed by atoms with Crippen molar-refractivity contribution in [3.05, 3.63) is 52.2 Å². The summed E-state index contributed by atoms with van der Waals surface area (Å²) in [5.41, 5.74) is 1.81. The van der Waals surface area contributed by atoms with Gasteiger partial charge in [-0.1, -0.05) is 6.07 Å². The zero-order valence-corrected chi connectivity index (χ0v) is 15.2. The lowest BCUT2D eigenvalue weighted by Crippen LogP contribution is -2.42. The molecule has 1 aliphatic heterocycles. The molecule has 0 bridgehead atoms. The number of aromatic amines is 1. The molecule has 0 saturated carbocycles. The van der Waals surface area contributed by atoms with E-state index in [1.54, 1.807) is 20.3 Å². The fourth-order valence-electron chi connectivity index (χ4n) is 3.18. The molecule has 1 saturated heterocycles. The lowest BCUT2D eigenvalue weighted by atomic mass is 10.1. The van der Waals surface area contributed by atoms with Crippen LogP contribution in [0.1, 0.15) is 17.7 Å². The third-order valence-electron chi connectivity index (χ3n) is 4.57. The van der Waals surface area contributed by atoms with Crippen molar-refractivity contribution in [1.29, 1.82) is 0 Å². The van der Waals surface area contributed by atoms with Gasteiger partial charge < -0.3 is 19.2 Å². The number of nitrogens with one attached hydrogen (secondary N) is 1. The van der Waals surface area contributed by atoms with Gasteiger partial charge in [0.15, 0.2) is 0 Å². The van der Waals surface area contributed by atoms with Gasteiger partial charge in [-0.25, -0.2) is 4.98 Å². The lowest BCUT2D eigenvalue weighted by Gasteiger charge is -2.33. The zero-order valence-electron chi connectivity index (χ0n) is 15.2. The number of methoxy groups -OCH3 is 2. The highest BCUT2D eigenvalue weighted by Gasteiger charge is 2.21. The summed E-state index contributed by atoms with van der Waals surface area (Å²) in [6.45, 7) is 3.23. The molecular formula is C19H25N3O4. The summed E-state index contributed by atoms with van der Waals surface area (Å²) in [5, 5.41) is 0. The van der Waals surface area contributed by atoms with Gasteiger partial charge in [0.2, 0.25) is 0 Å².